The molecule has 0 fully saturated rings. The zero-order valence-corrected chi connectivity index (χ0v) is 44.1. The second kappa shape index (κ2) is 55.7. The number of allylic oxidation sites excluding steroid dienone is 18. The third-order valence-electron chi connectivity index (χ3n) is 11.7. The SMILES string of the molecule is CC\C=C/C=C\C=C/C=C\C=C\C=C/C=C\CCCCCC(=O)OCC(COC(=O)CCCCC/C=C\CCCCCCCC)OC(=O)CCCCCCC/C=C\CCCCCCCCCCC. The standard InChI is InChI=1S/C62H102O6/c1-4-7-10-13-16-19-22-25-27-29-31-33-34-37-40-43-46-49-52-55-61(64)67-58-59(57-66-60(63)54-51-48-45-42-39-36-24-21-18-15-12-9-6-3)68-62(65)56-53-50-47-44-41-38-35-32-30-28-26-23-20-17-14-11-8-5-2/h7,10,13,16,19,22,25,27,29,31-37,39-40,59H,4-6,8-9,11-12,14-15,17-18,20-21,23-24,26,28,30,38,41-58H2,1-3H3/b10-7-,16-13-,22-19-,27-25-,31-29+,34-33-,35-32-,39-36-,40-37-. The Morgan fingerprint density at radius 1 is 0.309 bits per heavy atom. The van der Waals surface area contributed by atoms with Crippen molar-refractivity contribution in [3.63, 3.8) is 0 Å². The van der Waals surface area contributed by atoms with Crippen LogP contribution in [0.15, 0.2) is 109 Å². The Morgan fingerprint density at radius 2 is 0.588 bits per heavy atom. The fraction of sp³-hybridized carbons (Fsp3) is 0.661. The van der Waals surface area contributed by atoms with E-state index in [1.807, 2.05) is 72.9 Å². The second-order valence-corrected chi connectivity index (χ2v) is 18.3. The van der Waals surface area contributed by atoms with Gasteiger partial charge < -0.3 is 14.2 Å². The van der Waals surface area contributed by atoms with Gasteiger partial charge in [0.1, 0.15) is 13.2 Å². The van der Waals surface area contributed by atoms with Gasteiger partial charge in [0.05, 0.1) is 0 Å². The monoisotopic (exact) mass is 943 g/mol. The van der Waals surface area contributed by atoms with E-state index in [1.54, 1.807) is 0 Å². The lowest BCUT2D eigenvalue weighted by molar-refractivity contribution is -0.167. The number of hydrogen-bond donors (Lipinski definition) is 0. The van der Waals surface area contributed by atoms with Gasteiger partial charge in [-0.15, -0.1) is 0 Å². The first-order valence-electron chi connectivity index (χ1n) is 28.0. The van der Waals surface area contributed by atoms with Crippen molar-refractivity contribution in [3.05, 3.63) is 109 Å². The molecular weight excluding hydrogens is 841 g/mol. The van der Waals surface area contributed by atoms with Crippen LogP contribution in [0.5, 0.6) is 0 Å². The van der Waals surface area contributed by atoms with Gasteiger partial charge in [0.15, 0.2) is 6.10 Å². The fourth-order valence-corrected chi connectivity index (χ4v) is 7.47. The number of ether oxygens (including phenoxy) is 3. The van der Waals surface area contributed by atoms with E-state index in [0.29, 0.717) is 19.3 Å². The van der Waals surface area contributed by atoms with Crippen LogP contribution in [0.2, 0.25) is 0 Å². The second-order valence-electron chi connectivity index (χ2n) is 18.3. The molecule has 0 rings (SSSR count). The van der Waals surface area contributed by atoms with Gasteiger partial charge in [-0.3, -0.25) is 14.4 Å². The first-order chi connectivity index (χ1) is 33.5. The number of rotatable bonds is 49. The number of carbonyl (C=O) groups excluding carboxylic acids is 3. The van der Waals surface area contributed by atoms with E-state index in [9.17, 15) is 14.4 Å². The molecule has 6 nitrogen and oxygen atoms in total. The summed E-state index contributed by atoms with van der Waals surface area (Å²) in [5.41, 5.74) is 0. The largest absolute Gasteiger partial charge is 0.462 e. The van der Waals surface area contributed by atoms with Crippen LogP contribution in [0.3, 0.4) is 0 Å². The number of hydrogen-bond acceptors (Lipinski definition) is 6. The fourth-order valence-electron chi connectivity index (χ4n) is 7.47. The Kier molecular flexibility index (Phi) is 52.4. The highest BCUT2D eigenvalue weighted by Gasteiger charge is 2.19. The highest BCUT2D eigenvalue weighted by atomic mass is 16.6. The molecule has 6 heteroatoms. The summed E-state index contributed by atoms with van der Waals surface area (Å²) in [5, 5.41) is 0. The topological polar surface area (TPSA) is 78.9 Å². The van der Waals surface area contributed by atoms with Gasteiger partial charge in [0.25, 0.3) is 0 Å². The number of unbranched alkanes of at least 4 members (excludes halogenated alkanes) is 26. The first-order valence-corrected chi connectivity index (χ1v) is 28.0. The zero-order valence-electron chi connectivity index (χ0n) is 44.1. The van der Waals surface area contributed by atoms with Gasteiger partial charge in [-0.1, -0.05) is 246 Å². The predicted octanol–water partition coefficient (Wildman–Crippen LogP) is 18.7. The van der Waals surface area contributed by atoms with Crippen molar-refractivity contribution in [2.45, 2.75) is 252 Å². The van der Waals surface area contributed by atoms with Gasteiger partial charge in [-0.2, -0.15) is 0 Å². The molecule has 1 unspecified atom stereocenters. The molecule has 0 aromatic carbocycles. The van der Waals surface area contributed by atoms with E-state index in [0.717, 1.165) is 96.3 Å². The van der Waals surface area contributed by atoms with Gasteiger partial charge in [0.2, 0.25) is 0 Å². The van der Waals surface area contributed by atoms with Crippen molar-refractivity contribution in [1.29, 1.82) is 0 Å². The van der Waals surface area contributed by atoms with Crippen molar-refractivity contribution in [2.75, 3.05) is 13.2 Å². The van der Waals surface area contributed by atoms with E-state index >= 15 is 0 Å². The van der Waals surface area contributed by atoms with E-state index in [2.05, 4.69) is 57.2 Å². The van der Waals surface area contributed by atoms with Crippen LogP contribution in [0, 0.1) is 0 Å². The molecule has 0 aromatic heterocycles. The quantitative estimate of drug-likeness (QED) is 0.0199. The molecule has 0 N–H and O–H groups in total. The average Bonchev–Trinajstić information content (AvgIpc) is 3.34. The highest BCUT2D eigenvalue weighted by Crippen LogP contribution is 2.14. The van der Waals surface area contributed by atoms with E-state index in [1.165, 1.54) is 109 Å². The average molecular weight is 943 g/mol. The Labute approximate surface area is 419 Å². The van der Waals surface area contributed by atoms with Crippen LogP contribution >= 0.6 is 0 Å². The van der Waals surface area contributed by atoms with Crippen LogP contribution in [0.4, 0.5) is 0 Å². The third-order valence-corrected chi connectivity index (χ3v) is 11.7. The van der Waals surface area contributed by atoms with Crippen molar-refractivity contribution < 1.29 is 28.6 Å². The Balaban J connectivity index is 4.52. The summed E-state index contributed by atoms with van der Waals surface area (Å²) in [4.78, 5) is 38.1. The molecule has 0 saturated heterocycles. The van der Waals surface area contributed by atoms with Gasteiger partial charge in [-0.25, -0.2) is 0 Å². The summed E-state index contributed by atoms with van der Waals surface area (Å²) in [5.74, 6) is -0.975. The lowest BCUT2D eigenvalue weighted by Gasteiger charge is -2.18. The summed E-state index contributed by atoms with van der Waals surface area (Å²) in [6.07, 6.45) is 75.0. The van der Waals surface area contributed by atoms with Gasteiger partial charge in [0, 0.05) is 19.3 Å². The van der Waals surface area contributed by atoms with Gasteiger partial charge >= 0.3 is 17.9 Å². The van der Waals surface area contributed by atoms with Crippen LogP contribution in [0.1, 0.15) is 245 Å². The summed E-state index contributed by atoms with van der Waals surface area (Å²) in [6.45, 7) is 6.43. The van der Waals surface area contributed by atoms with Gasteiger partial charge in [-0.05, 0) is 89.9 Å². The summed E-state index contributed by atoms with van der Waals surface area (Å²) < 4.78 is 16.8. The molecule has 0 aliphatic carbocycles. The lowest BCUT2D eigenvalue weighted by Crippen LogP contribution is -2.30. The van der Waals surface area contributed by atoms with Crippen LogP contribution in [-0.2, 0) is 28.6 Å². The van der Waals surface area contributed by atoms with E-state index < -0.39 is 6.10 Å². The molecule has 0 spiro atoms. The predicted molar refractivity (Wildman–Crippen MR) is 293 cm³/mol. The molecule has 386 valence electrons. The van der Waals surface area contributed by atoms with Crippen LogP contribution in [-0.4, -0.2) is 37.2 Å². The maximum absolute atomic E-state index is 12.8. The Bertz CT molecular complexity index is 1410. The maximum atomic E-state index is 12.8. The van der Waals surface area contributed by atoms with Crippen molar-refractivity contribution in [3.8, 4) is 0 Å². The normalized spacial score (nSPS) is 12.9. The molecule has 0 amide bonds. The van der Waals surface area contributed by atoms with Crippen LogP contribution in [0.25, 0.3) is 0 Å². The molecule has 0 aromatic rings. The lowest BCUT2D eigenvalue weighted by atomic mass is 10.1. The van der Waals surface area contributed by atoms with E-state index in [4.69, 9.17) is 14.2 Å². The minimum atomic E-state index is -0.809. The summed E-state index contributed by atoms with van der Waals surface area (Å²) >= 11 is 0. The number of carbonyl (C=O) groups is 3. The Morgan fingerprint density at radius 3 is 0.956 bits per heavy atom. The highest BCUT2D eigenvalue weighted by molar-refractivity contribution is 5.71. The molecular formula is C62H102O6. The molecule has 0 saturated carbocycles. The minimum absolute atomic E-state index is 0.106. The maximum Gasteiger partial charge on any atom is 0.306 e. The molecule has 68 heavy (non-hydrogen) atoms. The van der Waals surface area contributed by atoms with Crippen LogP contribution < -0.4 is 0 Å². The molecule has 0 radical (unpaired) electrons. The van der Waals surface area contributed by atoms with Crippen molar-refractivity contribution >= 4 is 17.9 Å². The molecule has 0 bridgehead atoms. The first kappa shape index (κ1) is 64.1. The zero-order chi connectivity index (χ0) is 49.3. The van der Waals surface area contributed by atoms with Crippen molar-refractivity contribution in [1.82, 2.24) is 0 Å². The molecule has 0 aliphatic heterocycles. The summed E-state index contributed by atoms with van der Waals surface area (Å²) in [6, 6.07) is 0. The summed E-state index contributed by atoms with van der Waals surface area (Å²) in [7, 11) is 0. The molecule has 0 aliphatic rings. The van der Waals surface area contributed by atoms with E-state index in [-0.39, 0.29) is 31.1 Å². The molecule has 0 heterocycles. The van der Waals surface area contributed by atoms with Crippen molar-refractivity contribution in [2.24, 2.45) is 0 Å². The third kappa shape index (κ3) is 53.0. The minimum Gasteiger partial charge on any atom is -0.462 e. The smallest absolute Gasteiger partial charge is 0.306 e. The number of esters is 3. The Hall–Kier alpha value is -3.93. The molecule has 1 atom stereocenters.